The van der Waals surface area contributed by atoms with Gasteiger partial charge in [0.15, 0.2) is 0 Å². The fraction of sp³-hybridized carbons (Fsp3) is 0.524. The minimum atomic E-state index is -0.411. The van der Waals surface area contributed by atoms with Gasteiger partial charge in [0.1, 0.15) is 0 Å². The van der Waals surface area contributed by atoms with Gasteiger partial charge >= 0.3 is 6.03 Å². The summed E-state index contributed by atoms with van der Waals surface area (Å²) >= 11 is 1.30. The van der Waals surface area contributed by atoms with Crippen LogP contribution in [0, 0.1) is 0 Å². The number of rotatable bonds is 6. The summed E-state index contributed by atoms with van der Waals surface area (Å²) in [6, 6.07) is 7.84. The zero-order valence-corrected chi connectivity index (χ0v) is 18.0. The van der Waals surface area contributed by atoms with Crippen LogP contribution in [0.5, 0.6) is 0 Å². The van der Waals surface area contributed by atoms with Crippen molar-refractivity contribution in [2.75, 3.05) is 5.75 Å². The minimum absolute atomic E-state index is 0.0863. The Balaban J connectivity index is 1.43. The number of carbonyl (C=O) groups is 2. The molecule has 1 fully saturated rings. The van der Waals surface area contributed by atoms with Crippen LogP contribution < -0.4 is 10.6 Å². The molecule has 1 aromatic carbocycles. The van der Waals surface area contributed by atoms with Crippen LogP contribution in [-0.2, 0) is 10.2 Å². The Morgan fingerprint density at radius 1 is 1.14 bits per heavy atom. The molecule has 0 atom stereocenters. The van der Waals surface area contributed by atoms with Gasteiger partial charge in [-0.15, -0.1) is 10.2 Å². The molecule has 3 rings (SSSR count). The third kappa shape index (κ3) is 6.32. The summed E-state index contributed by atoms with van der Waals surface area (Å²) in [5, 5.41) is 13.7. The van der Waals surface area contributed by atoms with Crippen LogP contribution in [0.4, 0.5) is 4.79 Å². The molecule has 0 unspecified atom stereocenters. The van der Waals surface area contributed by atoms with Crippen molar-refractivity contribution in [1.29, 1.82) is 0 Å². The molecule has 2 aromatic rings. The van der Waals surface area contributed by atoms with Crippen molar-refractivity contribution < 1.29 is 14.0 Å². The average molecular weight is 417 g/mol. The van der Waals surface area contributed by atoms with Crippen LogP contribution in [0.25, 0.3) is 11.5 Å². The summed E-state index contributed by atoms with van der Waals surface area (Å²) in [4.78, 5) is 23.7. The highest BCUT2D eigenvalue weighted by Gasteiger charge is 2.18. The van der Waals surface area contributed by atoms with E-state index < -0.39 is 6.03 Å². The summed E-state index contributed by atoms with van der Waals surface area (Å²) in [6.45, 7) is 6.49. The Morgan fingerprint density at radius 2 is 1.83 bits per heavy atom. The van der Waals surface area contributed by atoms with Gasteiger partial charge in [0, 0.05) is 23.8 Å². The molecule has 1 aromatic heterocycles. The van der Waals surface area contributed by atoms with E-state index in [1.807, 2.05) is 12.1 Å². The number of nitrogens with one attached hydrogen (secondary N) is 2. The topological polar surface area (TPSA) is 97.1 Å². The number of carbonyl (C=O) groups excluding carboxylic acids is 2. The van der Waals surface area contributed by atoms with Gasteiger partial charge in [-0.2, -0.15) is 0 Å². The minimum Gasteiger partial charge on any atom is -0.411 e. The molecular formula is C21H28N4O3S. The predicted octanol–water partition coefficient (Wildman–Crippen LogP) is 4.28. The standard InChI is InChI=1S/C21H28N4O3S/c1-21(2,3)15-10-8-14(9-11-15)18-24-25-20(28-18)29-13-12-17(26)23-19(27)22-16-6-4-5-7-16/h8-11,16H,4-7,12-13H2,1-3H3,(H2,22,23,26,27). The van der Waals surface area contributed by atoms with E-state index in [1.54, 1.807) is 0 Å². The van der Waals surface area contributed by atoms with Crippen LogP contribution in [-0.4, -0.2) is 33.9 Å². The number of nitrogens with zero attached hydrogens (tertiary/aromatic N) is 2. The number of hydrogen-bond acceptors (Lipinski definition) is 6. The first-order chi connectivity index (χ1) is 13.8. The Kier molecular flexibility index (Phi) is 6.95. The molecule has 0 spiro atoms. The number of benzene rings is 1. The Labute approximate surface area is 175 Å². The van der Waals surface area contributed by atoms with Crippen molar-refractivity contribution in [2.45, 2.75) is 69.6 Å². The maximum Gasteiger partial charge on any atom is 0.321 e. The van der Waals surface area contributed by atoms with Crippen LogP contribution >= 0.6 is 11.8 Å². The van der Waals surface area contributed by atoms with Crippen LogP contribution in [0.3, 0.4) is 0 Å². The van der Waals surface area contributed by atoms with E-state index in [9.17, 15) is 9.59 Å². The number of amides is 3. The maximum atomic E-state index is 11.9. The van der Waals surface area contributed by atoms with Gasteiger partial charge in [0.25, 0.3) is 5.22 Å². The zero-order valence-electron chi connectivity index (χ0n) is 17.2. The van der Waals surface area contributed by atoms with Gasteiger partial charge in [0.05, 0.1) is 0 Å². The Bertz CT molecular complexity index is 836. The SMILES string of the molecule is CC(C)(C)c1ccc(-c2nnc(SCCC(=O)NC(=O)NC3CCCC3)o2)cc1. The van der Waals surface area contributed by atoms with E-state index in [-0.39, 0.29) is 23.8 Å². The molecule has 156 valence electrons. The molecule has 0 aliphatic heterocycles. The largest absolute Gasteiger partial charge is 0.411 e. The van der Waals surface area contributed by atoms with E-state index in [1.165, 1.54) is 17.3 Å². The van der Waals surface area contributed by atoms with E-state index in [2.05, 4.69) is 53.7 Å². The van der Waals surface area contributed by atoms with Crippen molar-refractivity contribution in [2.24, 2.45) is 0 Å². The Morgan fingerprint density at radius 3 is 2.48 bits per heavy atom. The average Bonchev–Trinajstić information content (AvgIpc) is 3.33. The van der Waals surface area contributed by atoms with E-state index in [0.29, 0.717) is 16.9 Å². The van der Waals surface area contributed by atoms with Crippen molar-refractivity contribution in [3.8, 4) is 11.5 Å². The van der Waals surface area contributed by atoms with Gasteiger partial charge < -0.3 is 9.73 Å². The Hall–Kier alpha value is -2.35. The molecular weight excluding hydrogens is 388 g/mol. The lowest BCUT2D eigenvalue weighted by Crippen LogP contribution is -2.43. The lowest BCUT2D eigenvalue weighted by Gasteiger charge is -2.18. The molecule has 8 heteroatoms. The number of hydrogen-bond donors (Lipinski definition) is 2. The van der Waals surface area contributed by atoms with E-state index in [4.69, 9.17) is 4.42 Å². The van der Waals surface area contributed by atoms with Crippen molar-refractivity contribution in [3.63, 3.8) is 0 Å². The van der Waals surface area contributed by atoms with Gasteiger partial charge in [-0.3, -0.25) is 10.1 Å². The van der Waals surface area contributed by atoms with Crippen LogP contribution in [0.2, 0.25) is 0 Å². The molecule has 0 bridgehead atoms. The summed E-state index contributed by atoms with van der Waals surface area (Å²) in [6.07, 6.45) is 4.41. The van der Waals surface area contributed by atoms with Crippen molar-refractivity contribution in [3.05, 3.63) is 29.8 Å². The first-order valence-corrected chi connectivity index (χ1v) is 11.0. The summed E-state index contributed by atoms with van der Waals surface area (Å²) in [5.74, 6) is 0.589. The summed E-state index contributed by atoms with van der Waals surface area (Å²) in [7, 11) is 0. The third-order valence-corrected chi connectivity index (χ3v) is 5.72. The fourth-order valence-electron chi connectivity index (χ4n) is 3.21. The highest BCUT2D eigenvalue weighted by Crippen LogP contribution is 2.27. The second-order valence-corrected chi connectivity index (χ2v) is 9.35. The number of aromatic nitrogens is 2. The predicted molar refractivity (Wildman–Crippen MR) is 113 cm³/mol. The fourth-order valence-corrected chi connectivity index (χ4v) is 3.91. The maximum absolute atomic E-state index is 11.9. The van der Waals surface area contributed by atoms with Gasteiger partial charge in [-0.25, -0.2) is 4.79 Å². The van der Waals surface area contributed by atoms with Crippen molar-refractivity contribution in [1.82, 2.24) is 20.8 Å². The molecule has 1 heterocycles. The smallest absolute Gasteiger partial charge is 0.321 e. The molecule has 1 aliphatic rings. The number of thioether (sulfide) groups is 1. The first-order valence-electron chi connectivity index (χ1n) is 9.99. The monoisotopic (exact) mass is 416 g/mol. The number of urea groups is 1. The molecule has 0 saturated heterocycles. The summed E-state index contributed by atoms with van der Waals surface area (Å²) in [5.41, 5.74) is 2.18. The molecule has 29 heavy (non-hydrogen) atoms. The molecule has 7 nitrogen and oxygen atoms in total. The molecule has 3 amide bonds. The highest BCUT2D eigenvalue weighted by atomic mass is 32.2. The normalized spacial score (nSPS) is 14.7. The lowest BCUT2D eigenvalue weighted by atomic mass is 9.87. The number of imide groups is 1. The summed E-state index contributed by atoms with van der Waals surface area (Å²) < 4.78 is 5.68. The van der Waals surface area contributed by atoms with Gasteiger partial charge in [-0.05, 0) is 36.0 Å². The third-order valence-electron chi connectivity index (χ3n) is 4.90. The second kappa shape index (κ2) is 9.43. The first kappa shape index (κ1) is 21.4. The highest BCUT2D eigenvalue weighted by molar-refractivity contribution is 7.99. The molecule has 1 aliphatic carbocycles. The quantitative estimate of drug-likeness (QED) is 0.682. The van der Waals surface area contributed by atoms with Gasteiger partial charge in [0.2, 0.25) is 11.8 Å². The van der Waals surface area contributed by atoms with Gasteiger partial charge in [-0.1, -0.05) is 57.5 Å². The zero-order chi connectivity index (χ0) is 20.9. The lowest BCUT2D eigenvalue weighted by molar-refractivity contribution is -0.119. The van der Waals surface area contributed by atoms with Crippen LogP contribution in [0.1, 0.15) is 58.4 Å². The van der Waals surface area contributed by atoms with E-state index >= 15 is 0 Å². The van der Waals surface area contributed by atoms with Crippen LogP contribution in [0.15, 0.2) is 33.9 Å². The molecule has 2 N–H and O–H groups in total. The molecule has 1 saturated carbocycles. The second-order valence-electron chi connectivity index (χ2n) is 8.30. The van der Waals surface area contributed by atoms with Crippen molar-refractivity contribution >= 4 is 23.7 Å². The molecule has 0 radical (unpaired) electrons. The van der Waals surface area contributed by atoms with E-state index in [0.717, 1.165) is 31.2 Å².